The molecule has 0 saturated carbocycles. The first-order valence-corrected chi connectivity index (χ1v) is 6.94. The second-order valence-electron chi connectivity index (χ2n) is 4.87. The number of nitrogens with zero attached hydrogens (tertiary/aromatic N) is 1. The van der Waals surface area contributed by atoms with E-state index in [9.17, 15) is 8.78 Å². The third-order valence-corrected chi connectivity index (χ3v) is 5.14. The molecule has 3 aliphatic heterocycles. The van der Waals surface area contributed by atoms with Crippen molar-refractivity contribution in [3.05, 3.63) is 29.8 Å². The Hall–Kier alpha value is -0.610. The van der Waals surface area contributed by atoms with Crippen molar-refractivity contribution < 1.29 is 8.78 Å². The fourth-order valence-electron chi connectivity index (χ4n) is 2.77. The zero-order valence-electron chi connectivity index (χ0n) is 9.53. The maximum absolute atomic E-state index is 13.1. The van der Waals surface area contributed by atoms with Gasteiger partial charge in [-0.2, -0.15) is 0 Å². The molecule has 0 N–H and O–H groups in total. The molecule has 1 aromatic rings. The molecule has 3 saturated heterocycles. The molecule has 0 amide bonds. The Morgan fingerprint density at radius 3 is 2.47 bits per heavy atom. The molecule has 3 fully saturated rings. The average molecular weight is 255 g/mol. The molecular weight excluding hydrogens is 240 g/mol. The van der Waals surface area contributed by atoms with Gasteiger partial charge >= 0.3 is 0 Å². The van der Waals surface area contributed by atoms with Crippen LogP contribution in [0.4, 0.5) is 8.78 Å². The van der Waals surface area contributed by atoms with Gasteiger partial charge in [0.1, 0.15) is 0 Å². The fourth-order valence-corrected chi connectivity index (χ4v) is 4.19. The van der Waals surface area contributed by atoms with Crippen molar-refractivity contribution in [3.63, 3.8) is 0 Å². The average Bonchev–Trinajstić information content (AvgIpc) is 2.35. The highest BCUT2D eigenvalue weighted by Gasteiger charge is 2.34. The number of fused-ring (bicyclic) bond motifs is 3. The normalized spacial score (nSPS) is 31.8. The second-order valence-corrected chi connectivity index (χ2v) is 6.18. The van der Waals surface area contributed by atoms with Crippen LogP contribution in [0.3, 0.4) is 0 Å². The first-order chi connectivity index (χ1) is 8.22. The summed E-state index contributed by atoms with van der Waals surface area (Å²) in [6.07, 6.45) is 2.50. The maximum Gasteiger partial charge on any atom is 0.159 e. The maximum atomic E-state index is 13.1. The van der Waals surface area contributed by atoms with Gasteiger partial charge in [-0.05, 0) is 50.0 Å². The van der Waals surface area contributed by atoms with Crippen molar-refractivity contribution in [1.29, 1.82) is 0 Å². The Labute approximate surface area is 104 Å². The van der Waals surface area contributed by atoms with Crippen LogP contribution in [0.1, 0.15) is 12.8 Å². The predicted octanol–water partition coefficient (Wildman–Crippen LogP) is 3.15. The zero-order chi connectivity index (χ0) is 11.8. The Morgan fingerprint density at radius 1 is 1.12 bits per heavy atom. The molecule has 3 heterocycles. The van der Waals surface area contributed by atoms with E-state index in [2.05, 4.69) is 4.90 Å². The molecule has 1 nitrogen and oxygen atoms in total. The van der Waals surface area contributed by atoms with Gasteiger partial charge in [-0.15, -0.1) is 11.8 Å². The van der Waals surface area contributed by atoms with Crippen molar-refractivity contribution in [2.24, 2.45) is 5.92 Å². The monoisotopic (exact) mass is 255 g/mol. The first kappa shape index (κ1) is 11.5. The summed E-state index contributed by atoms with van der Waals surface area (Å²) in [6.45, 7) is 3.51. The van der Waals surface area contributed by atoms with Crippen LogP contribution in [0.5, 0.6) is 0 Å². The Kier molecular flexibility index (Phi) is 3.09. The molecule has 1 unspecified atom stereocenters. The van der Waals surface area contributed by atoms with Gasteiger partial charge in [-0.1, -0.05) is 0 Å². The van der Waals surface area contributed by atoms with Gasteiger partial charge in [-0.3, -0.25) is 0 Å². The molecule has 0 spiro atoms. The van der Waals surface area contributed by atoms with Crippen molar-refractivity contribution >= 4 is 11.8 Å². The molecular formula is C13H15F2NS. The van der Waals surface area contributed by atoms with Gasteiger partial charge in [0.15, 0.2) is 11.6 Å². The van der Waals surface area contributed by atoms with Gasteiger partial charge in [0.25, 0.3) is 0 Å². The summed E-state index contributed by atoms with van der Waals surface area (Å²) in [6, 6.07) is 4.22. The van der Waals surface area contributed by atoms with Crippen LogP contribution >= 0.6 is 11.8 Å². The summed E-state index contributed by atoms with van der Waals surface area (Å²) in [7, 11) is 0. The summed E-state index contributed by atoms with van der Waals surface area (Å²) in [5, 5.41) is 0.544. The number of halogens is 2. The van der Waals surface area contributed by atoms with E-state index >= 15 is 0 Å². The number of piperidine rings is 3. The Balaban J connectivity index is 1.72. The van der Waals surface area contributed by atoms with Crippen LogP contribution in [0.2, 0.25) is 0 Å². The number of hydrogen-bond donors (Lipinski definition) is 0. The van der Waals surface area contributed by atoms with Gasteiger partial charge in [0.05, 0.1) is 0 Å². The van der Waals surface area contributed by atoms with Crippen LogP contribution in [0.15, 0.2) is 23.1 Å². The highest BCUT2D eigenvalue weighted by molar-refractivity contribution is 8.00. The van der Waals surface area contributed by atoms with Gasteiger partial charge in [0, 0.05) is 16.7 Å². The van der Waals surface area contributed by atoms with Crippen LogP contribution in [-0.4, -0.2) is 29.8 Å². The van der Waals surface area contributed by atoms with Crippen LogP contribution < -0.4 is 0 Å². The highest BCUT2D eigenvalue weighted by Crippen LogP contribution is 2.38. The van der Waals surface area contributed by atoms with Crippen molar-refractivity contribution in [2.75, 3.05) is 19.6 Å². The number of hydrogen-bond acceptors (Lipinski definition) is 2. The van der Waals surface area contributed by atoms with E-state index in [0.29, 0.717) is 5.25 Å². The summed E-state index contributed by atoms with van der Waals surface area (Å²) in [5.41, 5.74) is 0. The van der Waals surface area contributed by atoms with Gasteiger partial charge < -0.3 is 4.90 Å². The quantitative estimate of drug-likeness (QED) is 0.798. The minimum Gasteiger partial charge on any atom is -0.302 e. The van der Waals surface area contributed by atoms with E-state index in [1.165, 1.54) is 38.1 Å². The lowest BCUT2D eigenvalue weighted by Gasteiger charge is -2.44. The minimum absolute atomic E-state index is 0.544. The molecule has 2 bridgehead atoms. The molecule has 0 aromatic heterocycles. The lowest BCUT2D eigenvalue weighted by Crippen LogP contribution is -2.48. The fraction of sp³-hybridized carbons (Fsp3) is 0.538. The standard InChI is InChI=1S/C13H15F2NS/c14-11-2-1-10(7-12(11)15)17-13-8-16-5-3-9(13)4-6-16/h1-2,7,9,13H,3-6,8H2. The summed E-state index contributed by atoms with van der Waals surface area (Å²) < 4.78 is 26.0. The third kappa shape index (κ3) is 2.33. The molecule has 1 atom stereocenters. The molecule has 17 heavy (non-hydrogen) atoms. The predicted molar refractivity (Wildman–Crippen MR) is 65.2 cm³/mol. The van der Waals surface area contributed by atoms with Crippen LogP contribution in [0.25, 0.3) is 0 Å². The summed E-state index contributed by atoms with van der Waals surface area (Å²) in [4.78, 5) is 3.32. The number of benzene rings is 1. The molecule has 4 heteroatoms. The highest BCUT2D eigenvalue weighted by atomic mass is 32.2. The van der Waals surface area contributed by atoms with Crippen molar-refractivity contribution in [1.82, 2.24) is 4.90 Å². The van der Waals surface area contributed by atoms with Crippen LogP contribution in [0, 0.1) is 17.6 Å². The van der Waals surface area contributed by atoms with E-state index in [1.807, 2.05) is 0 Å². The van der Waals surface area contributed by atoms with E-state index in [0.717, 1.165) is 17.4 Å². The molecule has 92 valence electrons. The zero-order valence-corrected chi connectivity index (χ0v) is 10.4. The molecule has 0 aliphatic carbocycles. The molecule has 0 radical (unpaired) electrons. The van der Waals surface area contributed by atoms with E-state index in [1.54, 1.807) is 17.8 Å². The minimum atomic E-state index is -0.761. The first-order valence-electron chi connectivity index (χ1n) is 6.06. The number of rotatable bonds is 2. The van der Waals surface area contributed by atoms with Crippen molar-refractivity contribution in [2.45, 2.75) is 23.0 Å². The van der Waals surface area contributed by atoms with Gasteiger partial charge in [0.2, 0.25) is 0 Å². The lowest BCUT2D eigenvalue weighted by atomic mass is 9.88. The third-order valence-electron chi connectivity index (χ3n) is 3.77. The summed E-state index contributed by atoms with van der Waals surface area (Å²) in [5.74, 6) is -0.752. The summed E-state index contributed by atoms with van der Waals surface area (Å²) >= 11 is 1.70. The van der Waals surface area contributed by atoms with E-state index < -0.39 is 11.6 Å². The van der Waals surface area contributed by atoms with Crippen molar-refractivity contribution in [3.8, 4) is 0 Å². The number of thioether (sulfide) groups is 1. The Morgan fingerprint density at radius 2 is 1.88 bits per heavy atom. The second kappa shape index (κ2) is 4.58. The largest absolute Gasteiger partial charge is 0.302 e. The van der Waals surface area contributed by atoms with E-state index in [4.69, 9.17) is 0 Å². The molecule has 3 aliphatic rings. The van der Waals surface area contributed by atoms with Gasteiger partial charge in [-0.25, -0.2) is 8.78 Å². The van der Waals surface area contributed by atoms with Crippen LogP contribution in [-0.2, 0) is 0 Å². The molecule has 1 aromatic carbocycles. The lowest BCUT2D eigenvalue weighted by molar-refractivity contribution is 0.118. The smallest absolute Gasteiger partial charge is 0.159 e. The van der Waals surface area contributed by atoms with E-state index in [-0.39, 0.29) is 0 Å². The molecule has 4 rings (SSSR count). The Bertz CT molecular complexity index is 416. The SMILES string of the molecule is Fc1ccc(SC2CN3CCC2CC3)cc1F. The topological polar surface area (TPSA) is 3.24 Å².